The molecule has 1 fully saturated rings. The third kappa shape index (κ3) is 3.73. The Morgan fingerprint density at radius 2 is 2.27 bits per heavy atom. The van der Waals surface area contributed by atoms with Gasteiger partial charge in [0, 0.05) is 5.92 Å². The van der Waals surface area contributed by atoms with Crippen molar-refractivity contribution in [1.29, 1.82) is 0 Å². The molecule has 3 rings (SSSR count). The maximum Gasteiger partial charge on any atom is 0.240 e. The number of carbonyl (C=O) groups excluding carboxylic acids is 1. The van der Waals surface area contributed by atoms with E-state index in [9.17, 15) is 4.79 Å². The SMILES string of the molecule is Cc1noc(CN2CCC(C(=O)NCc3ccco3)CC2)n1. The maximum absolute atomic E-state index is 12.1. The first kappa shape index (κ1) is 14.8. The first-order valence-corrected chi connectivity index (χ1v) is 7.52. The maximum atomic E-state index is 12.1. The molecule has 0 atom stereocenters. The number of carbonyl (C=O) groups is 1. The average molecular weight is 304 g/mol. The van der Waals surface area contributed by atoms with Gasteiger partial charge in [-0.15, -0.1) is 0 Å². The van der Waals surface area contributed by atoms with Gasteiger partial charge in [0.15, 0.2) is 5.82 Å². The van der Waals surface area contributed by atoms with E-state index < -0.39 is 0 Å². The van der Waals surface area contributed by atoms with Gasteiger partial charge in [0.1, 0.15) is 5.76 Å². The standard InChI is InChI=1S/C15H20N4O3/c1-11-17-14(22-18-11)10-19-6-4-12(5-7-19)15(20)16-9-13-3-2-8-21-13/h2-3,8,12H,4-7,9-10H2,1H3,(H,16,20). The zero-order chi connectivity index (χ0) is 15.4. The molecule has 7 heteroatoms. The zero-order valence-corrected chi connectivity index (χ0v) is 12.6. The number of aromatic nitrogens is 2. The summed E-state index contributed by atoms with van der Waals surface area (Å²) < 4.78 is 10.3. The van der Waals surface area contributed by atoms with E-state index in [4.69, 9.17) is 8.94 Å². The van der Waals surface area contributed by atoms with Gasteiger partial charge in [-0.05, 0) is 45.0 Å². The molecular formula is C15H20N4O3. The quantitative estimate of drug-likeness (QED) is 0.901. The lowest BCUT2D eigenvalue weighted by molar-refractivity contribution is -0.126. The number of nitrogens with zero attached hydrogens (tertiary/aromatic N) is 3. The second-order valence-corrected chi connectivity index (χ2v) is 5.58. The fourth-order valence-electron chi connectivity index (χ4n) is 2.68. The summed E-state index contributed by atoms with van der Waals surface area (Å²) in [7, 11) is 0. The summed E-state index contributed by atoms with van der Waals surface area (Å²) >= 11 is 0. The Morgan fingerprint density at radius 1 is 1.45 bits per heavy atom. The molecule has 7 nitrogen and oxygen atoms in total. The van der Waals surface area contributed by atoms with Gasteiger partial charge in [0.25, 0.3) is 0 Å². The van der Waals surface area contributed by atoms with Crippen molar-refractivity contribution in [2.75, 3.05) is 13.1 Å². The molecule has 0 saturated carbocycles. The molecule has 2 aromatic rings. The number of amides is 1. The lowest BCUT2D eigenvalue weighted by atomic mass is 9.96. The average Bonchev–Trinajstić information content (AvgIpc) is 3.17. The van der Waals surface area contributed by atoms with Crippen LogP contribution in [0.2, 0.25) is 0 Å². The van der Waals surface area contributed by atoms with Crippen LogP contribution in [0.4, 0.5) is 0 Å². The number of hydrogen-bond donors (Lipinski definition) is 1. The van der Waals surface area contributed by atoms with Gasteiger partial charge >= 0.3 is 0 Å². The van der Waals surface area contributed by atoms with Crippen molar-refractivity contribution < 1.29 is 13.7 Å². The fraction of sp³-hybridized carbons (Fsp3) is 0.533. The van der Waals surface area contributed by atoms with E-state index >= 15 is 0 Å². The smallest absolute Gasteiger partial charge is 0.240 e. The molecular weight excluding hydrogens is 284 g/mol. The summed E-state index contributed by atoms with van der Waals surface area (Å²) in [5.41, 5.74) is 0. The van der Waals surface area contributed by atoms with Crippen molar-refractivity contribution in [2.24, 2.45) is 5.92 Å². The molecule has 1 aliphatic rings. The molecule has 0 radical (unpaired) electrons. The van der Waals surface area contributed by atoms with Crippen LogP contribution in [0.1, 0.15) is 30.3 Å². The van der Waals surface area contributed by atoms with Crippen molar-refractivity contribution in [1.82, 2.24) is 20.4 Å². The van der Waals surface area contributed by atoms with Crippen molar-refractivity contribution in [3.8, 4) is 0 Å². The lowest BCUT2D eigenvalue weighted by Gasteiger charge is -2.30. The number of aryl methyl sites for hydroxylation is 1. The number of nitrogens with one attached hydrogen (secondary N) is 1. The molecule has 0 aromatic carbocycles. The predicted molar refractivity (Wildman–Crippen MR) is 77.6 cm³/mol. The fourth-order valence-corrected chi connectivity index (χ4v) is 2.68. The van der Waals surface area contributed by atoms with Gasteiger partial charge < -0.3 is 14.3 Å². The number of piperidine rings is 1. The number of rotatable bonds is 5. The highest BCUT2D eigenvalue weighted by molar-refractivity contribution is 5.78. The lowest BCUT2D eigenvalue weighted by Crippen LogP contribution is -2.40. The summed E-state index contributed by atoms with van der Waals surface area (Å²) in [5.74, 6) is 2.23. The van der Waals surface area contributed by atoms with Crippen LogP contribution in [0.5, 0.6) is 0 Å². The van der Waals surface area contributed by atoms with Gasteiger partial charge in [-0.25, -0.2) is 0 Å². The first-order valence-electron chi connectivity index (χ1n) is 7.52. The second-order valence-electron chi connectivity index (χ2n) is 5.58. The van der Waals surface area contributed by atoms with E-state index in [1.807, 2.05) is 19.1 Å². The topological polar surface area (TPSA) is 84.4 Å². The monoisotopic (exact) mass is 304 g/mol. The van der Waals surface area contributed by atoms with Crippen molar-refractivity contribution in [2.45, 2.75) is 32.9 Å². The van der Waals surface area contributed by atoms with Crippen LogP contribution in [0.25, 0.3) is 0 Å². The number of likely N-dealkylation sites (tertiary alicyclic amines) is 1. The van der Waals surface area contributed by atoms with Gasteiger partial charge in [0.2, 0.25) is 11.8 Å². The van der Waals surface area contributed by atoms with Gasteiger partial charge in [-0.1, -0.05) is 5.16 Å². The van der Waals surface area contributed by atoms with Gasteiger partial charge in [0.05, 0.1) is 19.4 Å². The van der Waals surface area contributed by atoms with Crippen LogP contribution in [-0.4, -0.2) is 34.0 Å². The molecule has 22 heavy (non-hydrogen) atoms. The molecule has 0 aliphatic carbocycles. The third-order valence-electron chi connectivity index (χ3n) is 3.90. The molecule has 3 heterocycles. The summed E-state index contributed by atoms with van der Waals surface area (Å²) in [6.45, 7) is 4.64. The van der Waals surface area contributed by atoms with Crippen LogP contribution < -0.4 is 5.32 Å². The summed E-state index contributed by atoms with van der Waals surface area (Å²) in [4.78, 5) is 18.6. The highest BCUT2D eigenvalue weighted by atomic mass is 16.5. The Balaban J connectivity index is 1.42. The molecule has 1 N–H and O–H groups in total. The van der Waals surface area contributed by atoms with E-state index in [1.54, 1.807) is 6.26 Å². The molecule has 0 bridgehead atoms. The Bertz CT molecular complexity index is 600. The van der Waals surface area contributed by atoms with E-state index in [2.05, 4.69) is 20.4 Å². The normalized spacial score (nSPS) is 16.8. The number of hydrogen-bond acceptors (Lipinski definition) is 6. The Morgan fingerprint density at radius 3 is 2.91 bits per heavy atom. The van der Waals surface area contributed by atoms with Crippen LogP contribution in [0.3, 0.4) is 0 Å². The van der Waals surface area contributed by atoms with Crippen LogP contribution >= 0.6 is 0 Å². The highest BCUT2D eigenvalue weighted by Gasteiger charge is 2.25. The highest BCUT2D eigenvalue weighted by Crippen LogP contribution is 2.19. The van der Waals surface area contributed by atoms with Crippen LogP contribution in [-0.2, 0) is 17.9 Å². The van der Waals surface area contributed by atoms with E-state index in [1.165, 1.54) is 0 Å². The molecule has 0 spiro atoms. The molecule has 1 saturated heterocycles. The Labute approximate surface area is 128 Å². The summed E-state index contributed by atoms with van der Waals surface area (Å²) in [6.07, 6.45) is 3.30. The minimum absolute atomic E-state index is 0.0654. The summed E-state index contributed by atoms with van der Waals surface area (Å²) in [6, 6.07) is 3.68. The van der Waals surface area contributed by atoms with E-state index in [0.29, 0.717) is 24.8 Å². The van der Waals surface area contributed by atoms with Crippen LogP contribution in [0, 0.1) is 12.8 Å². The molecule has 0 unspecified atom stereocenters. The molecule has 1 amide bonds. The largest absolute Gasteiger partial charge is 0.467 e. The number of furan rings is 1. The molecule has 118 valence electrons. The van der Waals surface area contributed by atoms with Crippen molar-refractivity contribution >= 4 is 5.91 Å². The van der Waals surface area contributed by atoms with Gasteiger partial charge in [-0.3, -0.25) is 9.69 Å². The molecule has 2 aromatic heterocycles. The first-order chi connectivity index (χ1) is 10.7. The van der Waals surface area contributed by atoms with Gasteiger partial charge in [-0.2, -0.15) is 4.98 Å². The van der Waals surface area contributed by atoms with E-state index in [0.717, 1.165) is 31.7 Å². The third-order valence-corrected chi connectivity index (χ3v) is 3.90. The molecule has 1 aliphatic heterocycles. The Hall–Kier alpha value is -2.15. The minimum Gasteiger partial charge on any atom is -0.467 e. The van der Waals surface area contributed by atoms with Crippen LogP contribution in [0.15, 0.2) is 27.3 Å². The van der Waals surface area contributed by atoms with Crippen molar-refractivity contribution in [3.63, 3.8) is 0 Å². The van der Waals surface area contributed by atoms with E-state index in [-0.39, 0.29) is 11.8 Å². The zero-order valence-electron chi connectivity index (χ0n) is 12.6. The van der Waals surface area contributed by atoms with Crippen molar-refractivity contribution in [3.05, 3.63) is 35.9 Å². The predicted octanol–water partition coefficient (Wildman–Crippen LogP) is 1.50. The Kier molecular flexibility index (Phi) is 4.53. The minimum atomic E-state index is 0.0654. The summed E-state index contributed by atoms with van der Waals surface area (Å²) in [5, 5.41) is 6.72. The second kappa shape index (κ2) is 6.74.